The maximum absolute atomic E-state index is 6.47. The molecule has 1 fully saturated rings. The third kappa shape index (κ3) is 1.87. The van der Waals surface area contributed by atoms with E-state index in [4.69, 9.17) is 14.2 Å². The van der Waals surface area contributed by atoms with E-state index in [2.05, 4.69) is 18.0 Å². The molecule has 2 aliphatic heterocycles. The highest BCUT2D eigenvalue weighted by atomic mass is 16.6. The maximum atomic E-state index is 6.47. The normalized spacial score (nSPS) is 32.3. The van der Waals surface area contributed by atoms with Crippen molar-refractivity contribution in [2.75, 3.05) is 27.8 Å². The Bertz CT molecular complexity index is 669. The van der Waals surface area contributed by atoms with Gasteiger partial charge >= 0.3 is 0 Å². The Hall–Kier alpha value is -1.68. The molecule has 0 N–H and O–H groups in total. The molecule has 1 saturated heterocycles. The van der Waals surface area contributed by atoms with Gasteiger partial charge in [0.25, 0.3) is 0 Å². The zero-order valence-electron chi connectivity index (χ0n) is 14.4. The molecule has 0 unspecified atom stereocenters. The van der Waals surface area contributed by atoms with Crippen molar-refractivity contribution in [3.63, 3.8) is 0 Å². The largest absolute Gasteiger partial charge is 0.497 e. The summed E-state index contributed by atoms with van der Waals surface area (Å²) in [5, 5.41) is 0. The molecule has 0 amide bonds. The average Bonchev–Trinajstić information content (AvgIpc) is 2.89. The number of hydrogen-bond acceptors (Lipinski definition) is 4. The lowest BCUT2D eigenvalue weighted by Gasteiger charge is -2.49. The zero-order chi connectivity index (χ0) is 16.2. The first kappa shape index (κ1) is 14.9. The number of likely N-dealkylation sites (N-methyl/N-ethyl adjacent to an activating group) is 1. The van der Waals surface area contributed by atoms with Crippen molar-refractivity contribution in [1.82, 2.24) is 4.90 Å². The number of rotatable bonds is 3. The Morgan fingerprint density at radius 1 is 1.39 bits per heavy atom. The van der Waals surface area contributed by atoms with E-state index < -0.39 is 0 Å². The van der Waals surface area contributed by atoms with Gasteiger partial charge in [-0.05, 0) is 57.5 Å². The summed E-state index contributed by atoms with van der Waals surface area (Å²) in [4.78, 5) is 2.50. The SMILES string of the molecule is C/C=C(/OC)[C@@H]1Oc2c(OC)ccc3c2[C@@]12CCN(C)[C@H](C3)C2. The molecule has 4 rings (SSSR count). The van der Waals surface area contributed by atoms with Gasteiger partial charge in [-0.3, -0.25) is 0 Å². The molecular formula is C19H25NO3. The second-order valence-electron chi connectivity index (χ2n) is 6.97. The Balaban J connectivity index is 1.93. The summed E-state index contributed by atoms with van der Waals surface area (Å²) in [7, 11) is 5.70. The molecule has 4 heteroatoms. The van der Waals surface area contributed by atoms with Gasteiger partial charge in [0.15, 0.2) is 17.6 Å². The summed E-state index contributed by atoms with van der Waals surface area (Å²) in [6.07, 6.45) is 5.32. The first-order chi connectivity index (χ1) is 11.1. The number of nitrogens with zero attached hydrogens (tertiary/aromatic N) is 1. The number of methoxy groups -OCH3 is 2. The van der Waals surface area contributed by atoms with Crippen molar-refractivity contribution in [3.8, 4) is 11.5 Å². The number of piperidine rings is 1. The molecule has 2 heterocycles. The van der Waals surface area contributed by atoms with E-state index in [1.54, 1.807) is 14.2 Å². The Morgan fingerprint density at radius 2 is 2.22 bits per heavy atom. The molecule has 3 aliphatic rings. The number of likely N-dealkylation sites (tertiary alicyclic amines) is 1. The molecule has 1 aromatic rings. The number of allylic oxidation sites excluding steroid dienone is 1. The summed E-state index contributed by atoms with van der Waals surface area (Å²) in [5.74, 6) is 2.71. The van der Waals surface area contributed by atoms with Crippen LogP contribution in [0, 0.1) is 0 Å². The van der Waals surface area contributed by atoms with Gasteiger partial charge in [0, 0.05) is 17.0 Å². The van der Waals surface area contributed by atoms with Crippen molar-refractivity contribution in [1.29, 1.82) is 0 Å². The first-order valence-corrected chi connectivity index (χ1v) is 8.42. The lowest BCUT2D eigenvalue weighted by molar-refractivity contribution is 0.0354. The highest BCUT2D eigenvalue weighted by Crippen LogP contribution is 2.59. The van der Waals surface area contributed by atoms with Crippen molar-refractivity contribution >= 4 is 0 Å². The second kappa shape index (κ2) is 5.17. The predicted molar refractivity (Wildman–Crippen MR) is 89.2 cm³/mol. The van der Waals surface area contributed by atoms with Crippen LogP contribution in [0.25, 0.3) is 0 Å². The summed E-state index contributed by atoms with van der Waals surface area (Å²) in [6.45, 7) is 3.12. The molecule has 1 aromatic carbocycles. The third-order valence-electron chi connectivity index (χ3n) is 6.03. The van der Waals surface area contributed by atoms with Crippen molar-refractivity contribution in [2.45, 2.75) is 43.7 Å². The molecule has 3 atom stereocenters. The van der Waals surface area contributed by atoms with Gasteiger partial charge in [-0.15, -0.1) is 0 Å². The minimum absolute atomic E-state index is 0.0203. The number of ether oxygens (including phenoxy) is 3. The fourth-order valence-corrected chi connectivity index (χ4v) is 4.85. The smallest absolute Gasteiger partial charge is 0.166 e. The fraction of sp³-hybridized carbons (Fsp3) is 0.579. The number of benzene rings is 1. The van der Waals surface area contributed by atoms with Crippen molar-refractivity contribution < 1.29 is 14.2 Å². The van der Waals surface area contributed by atoms with Gasteiger partial charge in [0.1, 0.15) is 5.76 Å². The maximum Gasteiger partial charge on any atom is 0.166 e. The topological polar surface area (TPSA) is 30.9 Å². The van der Waals surface area contributed by atoms with Gasteiger partial charge in [-0.25, -0.2) is 0 Å². The highest BCUT2D eigenvalue weighted by molar-refractivity contribution is 5.61. The molecule has 23 heavy (non-hydrogen) atoms. The zero-order valence-corrected chi connectivity index (χ0v) is 14.4. The second-order valence-corrected chi connectivity index (χ2v) is 6.97. The van der Waals surface area contributed by atoms with Crippen LogP contribution in [0.1, 0.15) is 30.9 Å². The highest BCUT2D eigenvalue weighted by Gasteiger charge is 2.58. The molecule has 4 nitrogen and oxygen atoms in total. The summed E-state index contributed by atoms with van der Waals surface area (Å²) >= 11 is 0. The van der Waals surface area contributed by atoms with Crippen LogP contribution >= 0.6 is 0 Å². The van der Waals surface area contributed by atoms with E-state index in [0.29, 0.717) is 6.04 Å². The van der Waals surface area contributed by atoms with Gasteiger partial charge in [-0.2, -0.15) is 0 Å². The van der Waals surface area contributed by atoms with Crippen molar-refractivity contribution in [3.05, 3.63) is 35.1 Å². The van der Waals surface area contributed by atoms with E-state index in [0.717, 1.165) is 43.1 Å². The number of fused-ring (bicyclic) bond motifs is 1. The Labute approximate surface area is 138 Å². The van der Waals surface area contributed by atoms with E-state index >= 15 is 0 Å². The Morgan fingerprint density at radius 3 is 2.91 bits per heavy atom. The van der Waals surface area contributed by atoms with E-state index in [9.17, 15) is 0 Å². The summed E-state index contributed by atoms with van der Waals surface area (Å²) in [6, 6.07) is 4.86. The van der Waals surface area contributed by atoms with Crippen LogP contribution in [-0.4, -0.2) is 44.9 Å². The van der Waals surface area contributed by atoms with Crippen LogP contribution in [0.4, 0.5) is 0 Å². The first-order valence-electron chi connectivity index (χ1n) is 8.42. The molecule has 2 bridgehead atoms. The van der Waals surface area contributed by atoms with Crippen molar-refractivity contribution in [2.24, 2.45) is 0 Å². The Kier molecular flexibility index (Phi) is 3.34. The molecule has 1 aliphatic carbocycles. The standard InChI is InChI=1S/C19H25NO3/c1-5-14(21-3)18-19-8-9-20(2)13(11-19)10-12-6-7-15(22-4)17(23-18)16(12)19/h5-7,13,18H,8-11H2,1-4H3/b14-5+/t13-,18+,19+/m1/s1. The average molecular weight is 315 g/mol. The molecule has 0 radical (unpaired) electrons. The summed E-state index contributed by atoms with van der Waals surface area (Å²) in [5.41, 5.74) is 2.81. The van der Waals surface area contributed by atoms with Crippen LogP contribution in [0.5, 0.6) is 11.5 Å². The van der Waals surface area contributed by atoms with E-state index in [1.807, 2.05) is 19.1 Å². The molecular weight excluding hydrogens is 290 g/mol. The minimum atomic E-state index is -0.0425. The molecule has 124 valence electrons. The van der Waals surface area contributed by atoms with Gasteiger partial charge in [0.05, 0.1) is 14.2 Å². The monoisotopic (exact) mass is 315 g/mol. The number of hydrogen-bond donors (Lipinski definition) is 0. The molecule has 0 aromatic heterocycles. The molecule has 0 saturated carbocycles. The lowest BCUT2D eigenvalue weighted by atomic mass is 9.61. The predicted octanol–water partition coefficient (Wildman–Crippen LogP) is 2.89. The van der Waals surface area contributed by atoms with Gasteiger partial charge < -0.3 is 19.1 Å². The van der Waals surface area contributed by atoms with Crippen LogP contribution in [0.3, 0.4) is 0 Å². The quantitative estimate of drug-likeness (QED) is 0.803. The fourth-order valence-electron chi connectivity index (χ4n) is 4.85. The minimum Gasteiger partial charge on any atom is -0.497 e. The van der Waals surface area contributed by atoms with Gasteiger partial charge in [0.2, 0.25) is 0 Å². The van der Waals surface area contributed by atoms with Crippen LogP contribution in [-0.2, 0) is 16.6 Å². The van der Waals surface area contributed by atoms with E-state index in [1.165, 1.54) is 11.1 Å². The van der Waals surface area contributed by atoms with Crippen LogP contribution < -0.4 is 9.47 Å². The third-order valence-corrected chi connectivity index (χ3v) is 6.03. The summed E-state index contributed by atoms with van der Waals surface area (Å²) < 4.78 is 17.7. The van der Waals surface area contributed by atoms with E-state index in [-0.39, 0.29) is 11.5 Å². The molecule has 1 spiro atoms. The van der Waals surface area contributed by atoms with Gasteiger partial charge in [-0.1, -0.05) is 6.07 Å². The van der Waals surface area contributed by atoms with Crippen LogP contribution in [0.15, 0.2) is 24.0 Å². The van der Waals surface area contributed by atoms with Crippen LogP contribution in [0.2, 0.25) is 0 Å². The lowest BCUT2D eigenvalue weighted by Crippen LogP contribution is -2.55.